The summed E-state index contributed by atoms with van der Waals surface area (Å²) in [6.07, 6.45) is 2.66. The van der Waals surface area contributed by atoms with Gasteiger partial charge in [-0.05, 0) is 58.2 Å². The van der Waals surface area contributed by atoms with Crippen molar-refractivity contribution in [3.63, 3.8) is 0 Å². The normalized spacial score (nSPS) is 20.4. The molecule has 0 N–H and O–H groups in total. The monoisotopic (exact) mass is 359 g/mol. The Kier molecular flexibility index (Phi) is 4.97. The van der Waals surface area contributed by atoms with Gasteiger partial charge in [0.15, 0.2) is 23.1 Å². The predicted octanol–water partition coefficient (Wildman–Crippen LogP) is 3.67. The molecule has 2 heterocycles. The van der Waals surface area contributed by atoms with E-state index in [2.05, 4.69) is 27.7 Å². The van der Waals surface area contributed by atoms with Gasteiger partial charge in [-0.2, -0.15) is 5.10 Å². The molecule has 1 aromatic carbocycles. The maximum atomic E-state index is 6.03. The van der Waals surface area contributed by atoms with Gasteiger partial charge in [0.1, 0.15) is 5.60 Å². The molecule has 1 saturated heterocycles. The van der Waals surface area contributed by atoms with Crippen molar-refractivity contribution in [3.05, 3.63) is 35.4 Å². The standard InChI is InChI=1S/C20H29N3O3/c1-19(2,3)23-18(20(4)10-7-11-26-20)21-17(22-23)13-14-8-9-15(24-5)16(12-14)25-6/h8-9,12H,7,10-11,13H2,1-6H3/t20-/m1/s1. The van der Waals surface area contributed by atoms with Crippen molar-refractivity contribution >= 4 is 0 Å². The Morgan fingerprint density at radius 1 is 1.19 bits per heavy atom. The van der Waals surface area contributed by atoms with Gasteiger partial charge in [0, 0.05) is 13.0 Å². The van der Waals surface area contributed by atoms with Gasteiger partial charge < -0.3 is 14.2 Å². The average Bonchev–Trinajstić information content (AvgIpc) is 3.22. The zero-order chi connectivity index (χ0) is 18.9. The molecular weight excluding hydrogens is 330 g/mol. The molecule has 0 spiro atoms. The maximum Gasteiger partial charge on any atom is 0.161 e. The van der Waals surface area contributed by atoms with Crippen LogP contribution in [-0.4, -0.2) is 35.6 Å². The van der Waals surface area contributed by atoms with Crippen LogP contribution in [0.15, 0.2) is 18.2 Å². The van der Waals surface area contributed by atoms with E-state index < -0.39 is 0 Å². The predicted molar refractivity (Wildman–Crippen MR) is 99.9 cm³/mol. The SMILES string of the molecule is COc1ccc(Cc2nc([C@@]3(C)CCCO3)n(C(C)(C)C)n2)cc1OC. The van der Waals surface area contributed by atoms with E-state index in [1.165, 1.54) is 0 Å². The Hall–Kier alpha value is -2.08. The number of rotatable bonds is 5. The van der Waals surface area contributed by atoms with Crippen molar-refractivity contribution in [2.24, 2.45) is 0 Å². The van der Waals surface area contributed by atoms with Gasteiger partial charge in [-0.25, -0.2) is 9.67 Å². The van der Waals surface area contributed by atoms with Crippen LogP contribution < -0.4 is 9.47 Å². The molecule has 1 fully saturated rings. The first kappa shape index (κ1) is 18.7. The summed E-state index contributed by atoms with van der Waals surface area (Å²) in [5, 5.41) is 4.82. The van der Waals surface area contributed by atoms with Crippen LogP contribution in [0.1, 0.15) is 57.7 Å². The minimum Gasteiger partial charge on any atom is -0.493 e. The molecule has 6 heteroatoms. The summed E-state index contributed by atoms with van der Waals surface area (Å²) in [5.41, 5.74) is 0.557. The maximum absolute atomic E-state index is 6.03. The molecule has 0 amide bonds. The second-order valence-electron chi connectivity index (χ2n) is 7.98. The summed E-state index contributed by atoms with van der Waals surface area (Å²) >= 11 is 0. The number of nitrogens with zero attached hydrogens (tertiary/aromatic N) is 3. The van der Waals surface area contributed by atoms with E-state index in [0.29, 0.717) is 12.2 Å². The van der Waals surface area contributed by atoms with Gasteiger partial charge in [0.05, 0.1) is 19.8 Å². The number of aromatic nitrogens is 3. The van der Waals surface area contributed by atoms with E-state index in [1.54, 1.807) is 14.2 Å². The van der Waals surface area contributed by atoms with Crippen molar-refractivity contribution in [1.82, 2.24) is 14.8 Å². The Morgan fingerprint density at radius 2 is 1.92 bits per heavy atom. The van der Waals surface area contributed by atoms with Crippen LogP contribution in [0.3, 0.4) is 0 Å². The first-order valence-corrected chi connectivity index (χ1v) is 9.08. The third kappa shape index (κ3) is 3.56. The fourth-order valence-corrected chi connectivity index (χ4v) is 3.37. The van der Waals surface area contributed by atoms with Crippen molar-refractivity contribution in [1.29, 1.82) is 0 Å². The van der Waals surface area contributed by atoms with Gasteiger partial charge in [0.25, 0.3) is 0 Å². The molecule has 1 aliphatic heterocycles. The van der Waals surface area contributed by atoms with E-state index in [9.17, 15) is 0 Å². The van der Waals surface area contributed by atoms with E-state index in [0.717, 1.165) is 42.4 Å². The highest BCUT2D eigenvalue weighted by Gasteiger charge is 2.39. The third-order valence-corrected chi connectivity index (χ3v) is 4.79. The van der Waals surface area contributed by atoms with E-state index >= 15 is 0 Å². The molecule has 26 heavy (non-hydrogen) atoms. The first-order valence-electron chi connectivity index (χ1n) is 9.08. The molecule has 0 unspecified atom stereocenters. The van der Waals surface area contributed by atoms with Crippen LogP contribution in [-0.2, 0) is 22.3 Å². The summed E-state index contributed by atoms with van der Waals surface area (Å²) < 4.78 is 18.8. The molecule has 0 bridgehead atoms. The molecule has 3 rings (SSSR count). The number of benzene rings is 1. The van der Waals surface area contributed by atoms with E-state index in [1.807, 2.05) is 22.9 Å². The molecule has 1 aromatic heterocycles. The fraction of sp³-hybridized carbons (Fsp3) is 0.600. The van der Waals surface area contributed by atoms with Gasteiger partial charge in [-0.15, -0.1) is 0 Å². The lowest BCUT2D eigenvalue weighted by atomic mass is 10.00. The fourth-order valence-electron chi connectivity index (χ4n) is 3.37. The minimum atomic E-state index is -0.365. The van der Waals surface area contributed by atoms with Crippen molar-refractivity contribution in [2.75, 3.05) is 20.8 Å². The molecule has 1 atom stereocenters. The lowest BCUT2D eigenvalue weighted by Crippen LogP contribution is -2.33. The average molecular weight is 359 g/mol. The first-order chi connectivity index (χ1) is 12.3. The Morgan fingerprint density at radius 3 is 2.50 bits per heavy atom. The van der Waals surface area contributed by atoms with Crippen molar-refractivity contribution < 1.29 is 14.2 Å². The van der Waals surface area contributed by atoms with Gasteiger partial charge in [-0.3, -0.25) is 0 Å². The zero-order valence-electron chi connectivity index (χ0n) is 16.6. The highest BCUT2D eigenvalue weighted by atomic mass is 16.5. The summed E-state index contributed by atoms with van der Waals surface area (Å²) in [4.78, 5) is 4.88. The van der Waals surface area contributed by atoms with Gasteiger partial charge >= 0.3 is 0 Å². The summed E-state index contributed by atoms with van der Waals surface area (Å²) in [6, 6.07) is 5.91. The number of hydrogen-bond donors (Lipinski definition) is 0. The highest BCUT2D eigenvalue weighted by Crippen LogP contribution is 2.36. The third-order valence-electron chi connectivity index (χ3n) is 4.79. The number of hydrogen-bond acceptors (Lipinski definition) is 5. The van der Waals surface area contributed by atoms with Gasteiger partial charge in [0.2, 0.25) is 0 Å². The Balaban J connectivity index is 1.95. The Labute approximate surface area is 155 Å². The largest absolute Gasteiger partial charge is 0.493 e. The van der Waals surface area contributed by atoms with Gasteiger partial charge in [-0.1, -0.05) is 6.07 Å². The lowest BCUT2D eigenvalue weighted by Gasteiger charge is -2.28. The number of ether oxygens (including phenoxy) is 3. The van der Waals surface area contributed by atoms with Crippen LogP contribution in [0.4, 0.5) is 0 Å². The summed E-state index contributed by atoms with van der Waals surface area (Å²) in [7, 11) is 3.28. The molecule has 2 aromatic rings. The summed E-state index contributed by atoms with van der Waals surface area (Å²) in [6.45, 7) is 9.32. The molecule has 1 aliphatic rings. The topological polar surface area (TPSA) is 58.4 Å². The molecular formula is C20H29N3O3. The second-order valence-corrected chi connectivity index (χ2v) is 7.98. The van der Waals surface area contributed by atoms with Crippen molar-refractivity contribution in [2.45, 2.75) is 58.1 Å². The highest BCUT2D eigenvalue weighted by molar-refractivity contribution is 5.43. The minimum absolute atomic E-state index is 0.160. The van der Waals surface area contributed by atoms with Crippen LogP contribution in [0.2, 0.25) is 0 Å². The summed E-state index contributed by atoms with van der Waals surface area (Å²) in [5.74, 6) is 3.14. The Bertz CT molecular complexity index is 771. The van der Waals surface area contributed by atoms with Crippen LogP contribution in [0.5, 0.6) is 11.5 Å². The lowest BCUT2D eigenvalue weighted by molar-refractivity contribution is 0.00227. The van der Waals surface area contributed by atoms with Crippen LogP contribution >= 0.6 is 0 Å². The quantitative estimate of drug-likeness (QED) is 0.815. The van der Waals surface area contributed by atoms with Crippen LogP contribution in [0, 0.1) is 0 Å². The number of methoxy groups -OCH3 is 2. The van der Waals surface area contributed by atoms with E-state index in [-0.39, 0.29) is 11.1 Å². The smallest absolute Gasteiger partial charge is 0.161 e. The van der Waals surface area contributed by atoms with Crippen molar-refractivity contribution in [3.8, 4) is 11.5 Å². The molecule has 0 saturated carbocycles. The molecule has 0 aliphatic carbocycles. The van der Waals surface area contributed by atoms with Crippen LogP contribution in [0.25, 0.3) is 0 Å². The zero-order valence-corrected chi connectivity index (χ0v) is 16.6. The van der Waals surface area contributed by atoms with E-state index in [4.69, 9.17) is 24.3 Å². The second kappa shape index (κ2) is 6.91. The molecule has 0 radical (unpaired) electrons. The molecule has 142 valence electrons. The molecule has 6 nitrogen and oxygen atoms in total.